The number of nitrogen functional groups attached to an aromatic ring is 2. The summed E-state index contributed by atoms with van der Waals surface area (Å²) in [4.78, 5) is 12.2. The molecule has 2 aromatic carbocycles. The first kappa shape index (κ1) is 11.5. The number of hydrogen-bond donors (Lipinski definition) is 2. The van der Waals surface area contributed by atoms with Crippen molar-refractivity contribution in [3.8, 4) is 0 Å². The Morgan fingerprint density at radius 1 is 1.06 bits per heavy atom. The average molecular weight is 247 g/mol. The molecule has 2 aromatic rings. The van der Waals surface area contributed by atoms with Gasteiger partial charge in [-0.05, 0) is 12.1 Å². The number of anilines is 2. The quantitative estimate of drug-likeness (QED) is 0.632. The van der Waals surface area contributed by atoms with Gasteiger partial charge in [0.25, 0.3) is 0 Å². The number of hydrogen-bond acceptors (Lipinski definition) is 3. The lowest BCUT2D eigenvalue weighted by Gasteiger charge is -2.08. The summed E-state index contributed by atoms with van der Waals surface area (Å²) < 4.78 is 0. The molecular formula is C13H11ClN2O. The molecule has 0 atom stereocenters. The van der Waals surface area contributed by atoms with Crippen molar-refractivity contribution in [1.29, 1.82) is 0 Å². The van der Waals surface area contributed by atoms with Crippen LogP contribution in [-0.4, -0.2) is 5.78 Å². The smallest absolute Gasteiger partial charge is 0.195 e. The number of benzene rings is 2. The van der Waals surface area contributed by atoms with Crippen LogP contribution in [0.1, 0.15) is 15.9 Å². The number of nitrogens with two attached hydrogens (primary N) is 2. The molecule has 3 nitrogen and oxygen atoms in total. The highest BCUT2D eigenvalue weighted by Gasteiger charge is 2.14. The van der Waals surface area contributed by atoms with Gasteiger partial charge in [-0.25, -0.2) is 0 Å². The minimum Gasteiger partial charge on any atom is -0.397 e. The fourth-order valence-corrected chi connectivity index (χ4v) is 1.80. The largest absolute Gasteiger partial charge is 0.397 e. The Kier molecular flexibility index (Phi) is 3.02. The van der Waals surface area contributed by atoms with Crippen LogP contribution in [0.2, 0.25) is 5.02 Å². The van der Waals surface area contributed by atoms with Crippen molar-refractivity contribution in [2.24, 2.45) is 0 Å². The van der Waals surface area contributed by atoms with Gasteiger partial charge in [-0.2, -0.15) is 0 Å². The predicted octanol–water partition coefficient (Wildman–Crippen LogP) is 2.74. The lowest BCUT2D eigenvalue weighted by atomic mass is 10.0. The van der Waals surface area contributed by atoms with Crippen LogP contribution < -0.4 is 11.5 Å². The van der Waals surface area contributed by atoms with Crippen molar-refractivity contribution >= 4 is 28.8 Å². The van der Waals surface area contributed by atoms with E-state index in [1.54, 1.807) is 24.3 Å². The lowest BCUT2D eigenvalue weighted by molar-refractivity contribution is 0.103. The molecule has 0 aliphatic rings. The molecule has 0 bridgehead atoms. The first-order valence-electron chi connectivity index (χ1n) is 5.04. The fourth-order valence-electron chi connectivity index (χ4n) is 1.57. The first-order valence-corrected chi connectivity index (χ1v) is 5.41. The summed E-state index contributed by atoms with van der Waals surface area (Å²) >= 11 is 5.87. The molecule has 0 aliphatic heterocycles. The number of rotatable bonds is 2. The van der Waals surface area contributed by atoms with Crippen LogP contribution in [-0.2, 0) is 0 Å². The van der Waals surface area contributed by atoms with Gasteiger partial charge in [-0.3, -0.25) is 4.79 Å². The molecule has 17 heavy (non-hydrogen) atoms. The van der Waals surface area contributed by atoms with Crippen molar-refractivity contribution < 1.29 is 4.79 Å². The second-order valence-electron chi connectivity index (χ2n) is 3.65. The Hall–Kier alpha value is -2.00. The standard InChI is InChI=1S/C13H11ClN2O/c14-9-6-10(12(16)11(15)7-9)13(17)8-4-2-1-3-5-8/h1-7H,15-16H2. The maximum absolute atomic E-state index is 12.2. The Morgan fingerprint density at radius 2 is 1.71 bits per heavy atom. The third-order valence-corrected chi connectivity index (χ3v) is 2.68. The van der Waals surface area contributed by atoms with Gasteiger partial charge in [0.05, 0.1) is 11.4 Å². The fraction of sp³-hybridized carbons (Fsp3) is 0. The number of ketones is 1. The third kappa shape index (κ3) is 2.24. The van der Waals surface area contributed by atoms with Crippen LogP contribution in [0, 0.1) is 0 Å². The molecule has 0 fully saturated rings. The Labute approximate surface area is 104 Å². The number of carbonyl (C=O) groups excluding carboxylic acids is 1. The highest BCUT2D eigenvalue weighted by atomic mass is 35.5. The molecule has 0 spiro atoms. The normalized spacial score (nSPS) is 10.2. The summed E-state index contributed by atoms with van der Waals surface area (Å²) in [7, 11) is 0. The van der Waals surface area contributed by atoms with Crippen LogP contribution >= 0.6 is 11.6 Å². The maximum Gasteiger partial charge on any atom is 0.195 e. The Balaban J connectivity index is 2.52. The van der Waals surface area contributed by atoms with Gasteiger partial charge >= 0.3 is 0 Å². The number of halogens is 1. The first-order chi connectivity index (χ1) is 8.09. The zero-order chi connectivity index (χ0) is 12.4. The van der Waals surface area contributed by atoms with E-state index < -0.39 is 0 Å². The van der Waals surface area contributed by atoms with Gasteiger partial charge in [0.2, 0.25) is 0 Å². The van der Waals surface area contributed by atoms with Crippen molar-refractivity contribution in [1.82, 2.24) is 0 Å². The maximum atomic E-state index is 12.2. The summed E-state index contributed by atoms with van der Waals surface area (Å²) in [5, 5.41) is 0.399. The van der Waals surface area contributed by atoms with Crippen molar-refractivity contribution in [3.63, 3.8) is 0 Å². The van der Waals surface area contributed by atoms with E-state index >= 15 is 0 Å². The van der Waals surface area contributed by atoms with Crippen LogP contribution in [0.5, 0.6) is 0 Å². The van der Waals surface area contributed by atoms with Gasteiger partial charge in [0.15, 0.2) is 5.78 Å². The van der Waals surface area contributed by atoms with Crippen molar-refractivity contribution in [3.05, 3.63) is 58.6 Å². The molecular weight excluding hydrogens is 236 g/mol. The van der Waals surface area contributed by atoms with E-state index in [1.165, 1.54) is 12.1 Å². The molecule has 4 N–H and O–H groups in total. The summed E-state index contributed by atoms with van der Waals surface area (Å²) in [6, 6.07) is 11.9. The summed E-state index contributed by atoms with van der Waals surface area (Å²) in [6.07, 6.45) is 0. The molecule has 2 rings (SSSR count). The van der Waals surface area contributed by atoms with E-state index in [9.17, 15) is 4.79 Å². The Bertz CT molecular complexity index is 567. The summed E-state index contributed by atoms with van der Waals surface area (Å²) in [5.74, 6) is -0.183. The monoisotopic (exact) mass is 246 g/mol. The Morgan fingerprint density at radius 3 is 2.35 bits per heavy atom. The minimum absolute atomic E-state index is 0.183. The molecule has 4 heteroatoms. The summed E-state index contributed by atoms with van der Waals surface area (Å²) in [5.41, 5.74) is 12.9. The zero-order valence-corrected chi connectivity index (χ0v) is 9.74. The molecule has 0 amide bonds. The average Bonchev–Trinajstić information content (AvgIpc) is 2.34. The third-order valence-electron chi connectivity index (χ3n) is 2.46. The van der Waals surface area contributed by atoms with E-state index in [4.69, 9.17) is 23.1 Å². The number of carbonyl (C=O) groups is 1. The molecule has 0 unspecified atom stereocenters. The van der Waals surface area contributed by atoms with Crippen LogP contribution in [0.4, 0.5) is 11.4 Å². The van der Waals surface area contributed by atoms with E-state index in [0.29, 0.717) is 21.8 Å². The van der Waals surface area contributed by atoms with Crippen LogP contribution in [0.15, 0.2) is 42.5 Å². The predicted molar refractivity (Wildman–Crippen MR) is 70.2 cm³/mol. The lowest BCUT2D eigenvalue weighted by Crippen LogP contribution is -2.07. The van der Waals surface area contributed by atoms with Crippen LogP contribution in [0.3, 0.4) is 0 Å². The molecule has 0 saturated carbocycles. The van der Waals surface area contributed by atoms with Gasteiger partial charge in [-0.1, -0.05) is 41.9 Å². The highest BCUT2D eigenvalue weighted by Crippen LogP contribution is 2.27. The van der Waals surface area contributed by atoms with Crippen molar-refractivity contribution in [2.75, 3.05) is 11.5 Å². The molecule has 0 aromatic heterocycles. The van der Waals surface area contributed by atoms with E-state index in [2.05, 4.69) is 0 Å². The zero-order valence-electron chi connectivity index (χ0n) is 8.98. The molecule has 0 aliphatic carbocycles. The second kappa shape index (κ2) is 4.47. The van der Waals surface area contributed by atoms with Gasteiger partial charge in [0, 0.05) is 16.1 Å². The molecule has 0 radical (unpaired) electrons. The molecule has 0 saturated heterocycles. The molecule has 86 valence electrons. The summed E-state index contributed by atoms with van der Waals surface area (Å²) in [6.45, 7) is 0. The van der Waals surface area contributed by atoms with Gasteiger partial charge in [0.1, 0.15) is 0 Å². The second-order valence-corrected chi connectivity index (χ2v) is 4.09. The minimum atomic E-state index is -0.183. The van der Waals surface area contributed by atoms with E-state index in [0.717, 1.165) is 0 Å². The topological polar surface area (TPSA) is 69.1 Å². The van der Waals surface area contributed by atoms with Gasteiger partial charge in [-0.15, -0.1) is 0 Å². The highest BCUT2D eigenvalue weighted by molar-refractivity contribution is 6.32. The van der Waals surface area contributed by atoms with E-state index in [-0.39, 0.29) is 11.5 Å². The van der Waals surface area contributed by atoms with Crippen molar-refractivity contribution in [2.45, 2.75) is 0 Å². The van der Waals surface area contributed by atoms with Gasteiger partial charge < -0.3 is 11.5 Å². The molecule has 0 heterocycles. The SMILES string of the molecule is Nc1cc(Cl)cc(C(=O)c2ccccc2)c1N. The van der Waals surface area contributed by atoms with E-state index in [1.807, 2.05) is 6.07 Å². The van der Waals surface area contributed by atoms with Crippen LogP contribution in [0.25, 0.3) is 0 Å².